The highest BCUT2D eigenvalue weighted by atomic mass is 32.2. The van der Waals surface area contributed by atoms with Crippen LogP contribution in [0.1, 0.15) is 32.6 Å². The molecule has 18 heavy (non-hydrogen) atoms. The molecular formula is C14H23NO2S. The van der Waals surface area contributed by atoms with Gasteiger partial charge >= 0.3 is 0 Å². The van der Waals surface area contributed by atoms with E-state index in [1.54, 1.807) is 0 Å². The van der Waals surface area contributed by atoms with Crippen LogP contribution in [-0.4, -0.2) is 32.0 Å². The Labute approximate surface area is 110 Å². The lowest BCUT2D eigenvalue weighted by Crippen LogP contribution is -2.45. The minimum Gasteiger partial charge on any atom is -0.311 e. The van der Waals surface area contributed by atoms with Gasteiger partial charge in [0.15, 0.2) is 0 Å². The highest BCUT2D eigenvalue weighted by Crippen LogP contribution is 2.44. The van der Waals surface area contributed by atoms with E-state index in [1.165, 1.54) is 12.8 Å². The molecule has 2 fully saturated rings. The van der Waals surface area contributed by atoms with Crippen molar-refractivity contribution in [3.8, 4) is 0 Å². The third kappa shape index (κ3) is 2.50. The highest BCUT2D eigenvalue weighted by Gasteiger charge is 2.39. The Morgan fingerprint density at radius 3 is 2.44 bits per heavy atom. The molecule has 3 rings (SSSR count). The second-order valence-electron chi connectivity index (χ2n) is 6.33. The normalized spacial score (nSPS) is 40.2. The average Bonchev–Trinajstić information content (AvgIpc) is 2.94. The Morgan fingerprint density at radius 1 is 1.17 bits per heavy atom. The molecule has 1 saturated heterocycles. The van der Waals surface area contributed by atoms with Crippen molar-refractivity contribution >= 4 is 9.84 Å². The van der Waals surface area contributed by atoms with Gasteiger partial charge in [0.25, 0.3) is 0 Å². The largest absolute Gasteiger partial charge is 0.311 e. The summed E-state index contributed by atoms with van der Waals surface area (Å²) in [7, 11) is -2.73. The molecule has 2 aliphatic carbocycles. The Bertz CT molecular complexity index is 429. The number of rotatable bonds is 3. The second kappa shape index (κ2) is 4.64. The van der Waals surface area contributed by atoms with Gasteiger partial charge in [0.1, 0.15) is 9.84 Å². The van der Waals surface area contributed by atoms with Crippen molar-refractivity contribution in [3.63, 3.8) is 0 Å². The van der Waals surface area contributed by atoms with Crippen LogP contribution in [0.4, 0.5) is 0 Å². The van der Waals surface area contributed by atoms with E-state index >= 15 is 0 Å². The summed E-state index contributed by atoms with van der Waals surface area (Å²) in [6.45, 7) is 2.28. The van der Waals surface area contributed by atoms with Crippen LogP contribution in [0.25, 0.3) is 0 Å². The first-order valence-electron chi connectivity index (χ1n) is 7.18. The van der Waals surface area contributed by atoms with E-state index in [0.29, 0.717) is 23.6 Å². The van der Waals surface area contributed by atoms with Gasteiger partial charge in [0.2, 0.25) is 0 Å². The molecule has 1 heterocycles. The van der Waals surface area contributed by atoms with Crippen LogP contribution in [0.15, 0.2) is 12.2 Å². The first-order chi connectivity index (χ1) is 8.53. The lowest BCUT2D eigenvalue weighted by Gasteiger charge is -2.32. The Kier molecular flexibility index (Phi) is 3.27. The first-order valence-corrected chi connectivity index (χ1v) is 9.00. The molecule has 0 radical (unpaired) electrons. The molecule has 1 saturated carbocycles. The van der Waals surface area contributed by atoms with Gasteiger partial charge in [-0.3, -0.25) is 0 Å². The zero-order valence-corrected chi connectivity index (χ0v) is 11.8. The molecule has 3 aliphatic rings. The van der Waals surface area contributed by atoms with E-state index in [-0.39, 0.29) is 0 Å². The number of nitrogens with one attached hydrogen (secondary N) is 1. The predicted octanol–water partition coefficient (Wildman–Crippen LogP) is 1.75. The van der Waals surface area contributed by atoms with E-state index in [9.17, 15) is 8.42 Å². The van der Waals surface area contributed by atoms with Gasteiger partial charge < -0.3 is 5.32 Å². The fourth-order valence-electron chi connectivity index (χ4n) is 3.95. The van der Waals surface area contributed by atoms with Crippen molar-refractivity contribution in [2.24, 2.45) is 17.8 Å². The number of hydrogen-bond acceptors (Lipinski definition) is 3. The van der Waals surface area contributed by atoms with Crippen LogP contribution in [0.3, 0.4) is 0 Å². The maximum absolute atomic E-state index is 11.4. The maximum atomic E-state index is 11.4. The summed E-state index contributed by atoms with van der Waals surface area (Å²) < 4.78 is 22.8. The van der Waals surface area contributed by atoms with Crippen LogP contribution < -0.4 is 5.32 Å². The molecule has 2 bridgehead atoms. The first kappa shape index (κ1) is 12.7. The van der Waals surface area contributed by atoms with E-state index in [0.717, 1.165) is 30.6 Å². The zero-order chi connectivity index (χ0) is 12.8. The van der Waals surface area contributed by atoms with Gasteiger partial charge in [0, 0.05) is 12.1 Å². The van der Waals surface area contributed by atoms with Crippen molar-refractivity contribution in [2.45, 2.75) is 44.7 Å². The minimum absolute atomic E-state index is 0.369. The quantitative estimate of drug-likeness (QED) is 0.794. The Hall–Kier alpha value is -0.350. The summed E-state index contributed by atoms with van der Waals surface area (Å²) in [6.07, 6.45) is 9.02. The molecule has 0 aromatic heterocycles. The molecule has 3 nitrogen and oxygen atoms in total. The fourth-order valence-corrected chi connectivity index (χ4v) is 5.44. The van der Waals surface area contributed by atoms with Crippen LogP contribution in [-0.2, 0) is 9.84 Å². The van der Waals surface area contributed by atoms with Gasteiger partial charge in [-0.15, -0.1) is 0 Å². The van der Waals surface area contributed by atoms with E-state index in [4.69, 9.17) is 0 Å². The third-order valence-electron chi connectivity index (χ3n) is 5.03. The topological polar surface area (TPSA) is 46.2 Å². The smallest absolute Gasteiger partial charge is 0.150 e. The maximum Gasteiger partial charge on any atom is 0.150 e. The van der Waals surface area contributed by atoms with Gasteiger partial charge in [-0.05, 0) is 50.4 Å². The molecule has 4 atom stereocenters. The molecule has 4 heteroatoms. The zero-order valence-electron chi connectivity index (χ0n) is 11.0. The number of allylic oxidation sites excluding steroid dienone is 2. The lowest BCUT2D eigenvalue weighted by molar-refractivity contribution is 0.291. The molecule has 0 amide bonds. The molecule has 0 aromatic rings. The summed E-state index contributed by atoms with van der Waals surface area (Å²) in [5, 5.41) is 3.69. The van der Waals surface area contributed by atoms with E-state index < -0.39 is 9.84 Å². The van der Waals surface area contributed by atoms with Gasteiger partial charge in [-0.2, -0.15) is 0 Å². The van der Waals surface area contributed by atoms with Gasteiger partial charge in [-0.25, -0.2) is 8.42 Å². The summed E-state index contributed by atoms with van der Waals surface area (Å²) in [5.74, 6) is 3.08. The van der Waals surface area contributed by atoms with Gasteiger partial charge in [0.05, 0.1) is 11.5 Å². The van der Waals surface area contributed by atoms with Crippen LogP contribution >= 0.6 is 0 Å². The monoisotopic (exact) mass is 269 g/mol. The molecule has 1 N–H and O–H groups in total. The Balaban J connectivity index is 1.53. The van der Waals surface area contributed by atoms with Crippen molar-refractivity contribution in [3.05, 3.63) is 12.2 Å². The van der Waals surface area contributed by atoms with Crippen LogP contribution in [0.5, 0.6) is 0 Å². The standard InChI is InChI=1S/C14H23NO2S/c1-10(14-9-11-2-3-12(14)8-11)15-13-4-6-18(16,17)7-5-13/h2-3,10-15H,4-9H2,1H3. The van der Waals surface area contributed by atoms with Gasteiger partial charge in [-0.1, -0.05) is 12.2 Å². The highest BCUT2D eigenvalue weighted by molar-refractivity contribution is 7.91. The third-order valence-corrected chi connectivity index (χ3v) is 6.74. The lowest BCUT2D eigenvalue weighted by atomic mass is 9.87. The van der Waals surface area contributed by atoms with E-state index in [1.807, 2.05) is 0 Å². The SMILES string of the molecule is CC(NC1CCS(=O)(=O)CC1)C1CC2C=CC1C2. The van der Waals surface area contributed by atoms with Crippen LogP contribution in [0.2, 0.25) is 0 Å². The predicted molar refractivity (Wildman–Crippen MR) is 73.1 cm³/mol. The molecule has 0 spiro atoms. The summed E-state index contributed by atoms with van der Waals surface area (Å²) >= 11 is 0. The Morgan fingerprint density at radius 2 is 1.89 bits per heavy atom. The van der Waals surface area contributed by atoms with Crippen molar-refractivity contribution in [1.29, 1.82) is 0 Å². The summed E-state index contributed by atoms with van der Waals surface area (Å²) in [5.41, 5.74) is 0. The second-order valence-corrected chi connectivity index (χ2v) is 8.63. The van der Waals surface area contributed by atoms with Crippen LogP contribution in [0, 0.1) is 17.8 Å². The summed E-state index contributed by atoms with van der Waals surface area (Å²) in [6, 6.07) is 0.933. The van der Waals surface area contributed by atoms with Crippen molar-refractivity contribution < 1.29 is 8.42 Å². The minimum atomic E-state index is -2.73. The van der Waals surface area contributed by atoms with Crippen molar-refractivity contribution in [2.75, 3.05) is 11.5 Å². The molecule has 1 aliphatic heterocycles. The molecular weight excluding hydrogens is 246 g/mol. The molecule has 4 unspecified atom stereocenters. The average molecular weight is 269 g/mol. The van der Waals surface area contributed by atoms with Crippen molar-refractivity contribution in [1.82, 2.24) is 5.32 Å². The molecule has 102 valence electrons. The molecule has 0 aromatic carbocycles. The number of hydrogen-bond donors (Lipinski definition) is 1. The van der Waals surface area contributed by atoms with E-state index in [2.05, 4.69) is 24.4 Å². The fraction of sp³-hybridized carbons (Fsp3) is 0.857. The number of sulfone groups is 1. The number of fused-ring (bicyclic) bond motifs is 2. The summed E-state index contributed by atoms with van der Waals surface area (Å²) in [4.78, 5) is 0.